The second-order valence-corrected chi connectivity index (χ2v) is 7.02. The molecule has 0 spiro atoms. The third-order valence-corrected chi connectivity index (χ3v) is 5.16. The van der Waals surface area contributed by atoms with Gasteiger partial charge >= 0.3 is 0 Å². The van der Waals surface area contributed by atoms with Crippen LogP contribution in [0.2, 0.25) is 0 Å². The Morgan fingerprint density at radius 1 is 1.40 bits per heavy atom. The first-order chi connectivity index (χ1) is 12.0. The van der Waals surface area contributed by atoms with Crippen molar-refractivity contribution in [1.82, 2.24) is 24.5 Å². The molecule has 1 aliphatic heterocycles. The average Bonchev–Trinajstić information content (AvgIpc) is 3.04. The van der Waals surface area contributed by atoms with E-state index in [1.54, 1.807) is 17.9 Å². The fourth-order valence-corrected chi connectivity index (χ4v) is 3.66. The minimum absolute atomic E-state index is 0.0168. The predicted molar refractivity (Wildman–Crippen MR) is 92.1 cm³/mol. The molecule has 0 aromatic carbocycles. The van der Waals surface area contributed by atoms with E-state index in [2.05, 4.69) is 10.2 Å². The van der Waals surface area contributed by atoms with Gasteiger partial charge in [0.15, 0.2) is 5.69 Å². The highest BCUT2D eigenvalue weighted by Crippen LogP contribution is 2.40. The molecule has 2 aliphatic rings. The van der Waals surface area contributed by atoms with Crippen molar-refractivity contribution in [2.24, 2.45) is 7.05 Å². The van der Waals surface area contributed by atoms with E-state index in [1.165, 1.54) is 12.8 Å². The standard InChI is InChI=1S/C17H24N6O2/c1-21-15(11-3-4-11)8-14(19-21)17(24)23-10-13(25-2)7-12(23)9-22-6-5-16(18)20-22/h5-6,8,11-13H,3-4,7,9-10H2,1-2H3,(H2,18,20)/t12-,13-/m0/s1. The van der Waals surface area contributed by atoms with Gasteiger partial charge < -0.3 is 15.4 Å². The number of methoxy groups -OCH3 is 1. The Morgan fingerprint density at radius 2 is 2.20 bits per heavy atom. The van der Waals surface area contributed by atoms with Crippen molar-refractivity contribution in [2.75, 3.05) is 19.4 Å². The van der Waals surface area contributed by atoms with E-state index in [0.29, 0.717) is 30.5 Å². The number of hydrogen-bond acceptors (Lipinski definition) is 5. The Bertz CT molecular complexity index is 778. The predicted octanol–water partition coefficient (Wildman–Crippen LogP) is 1.01. The zero-order valence-electron chi connectivity index (χ0n) is 14.6. The van der Waals surface area contributed by atoms with Gasteiger partial charge in [-0.2, -0.15) is 10.2 Å². The van der Waals surface area contributed by atoms with Crippen molar-refractivity contribution in [3.05, 3.63) is 29.7 Å². The number of nitrogens with two attached hydrogens (primary N) is 1. The van der Waals surface area contributed by atoms with E-state index in [0.717, 1.165) is 12.1 Å². The quantitative estimate of drug-likeness (QED) is 0.874. The Hall–Kier alpha value is -2.35. The zero-order valence-corrected chi connectivity index (χ0v) is 14.6. The molecule has 2 fully saturated rings. The van der Waals surface area contributed by atoms with Crippen LogP contribution in [-0.2, 0) is 18.3 Å². The maximum absolute atomic E-state index is 13.1. The number of amides is 1. The number of hydrogen-bond donors (Lipinski definition) is 1. The highest BCUT2D eigenvalue weighted by Gasteiger charge is 2.38. The fraction of sp³-hybridized carbons (Fsp3) is 0.588. The summed E-state index contributed by atoms with van der Waals surface area (Å²) in [5.74, 6) is 1.01. The van der Waals surface area contributed by atoms with Crippen LogP contribution in [0.15, 0.2) is 18.3 Å². The van der Waals surface area contributed by atoms with E-state index in [9.17, 15) is 4.79 Å². The van der Waals surface area contributed by atoms with E-state index < -0.39 is 0 Å². The van der Waals surface area contributed by atoms with Crippen LogP contribution in [-0.4, -0.2) is 56.2 Å². The average molecular weight is 344 g/mol. The van der Waals surface area contributed by atoms with Crippen molar-refractivity contribution < 1.29 is 9.53 Å². The van der Waals surface area contributed by atoms with Gasteiger partial charge in [-0.25, -0.2) is 0 Å². The number of aromatic nitrogens is 4. The van der Waals surface area contributed by atoms with Crippen molar-refractivity contribution >= 4 is 11.7 Å². The zero-order chi connectivity index (χ0) is 17.6. The topological polar surface area (TPSA) is 91.2 Å². The number of nitrogen functional groups attached to an aromatic ring is 1. The summed E-state index contributed by atoms with van der Waals surface area (Å²) in [6, 6.07) is 3.72. The SMILES string of the molecule is CO[C@H]1C[C@@H](Cn2ccc(N)n2)N(C(=O)c2cc(C3CC3)n(C)n2)C1. The number of carbonyl (C=O) groups excluding carboxylic acids is 1. The minimum Gasteiger partial charge on any atom is -0.382 e. The highest BCUT2D eigenvalue weighted by atomic mass is 16.5. The summed E-state index contributed by atoms with van der Waals surface area (Å²) in [6.07, 6.45) is 5.03. The van der Waals surface area contributed by atoms with Crippen LogP contribution < -0.4 is 5.73 Å². The maximum Gasteiger partial charge on any atom is 0.274 e. The van der Waals surface area contributed by atoms with Crippen LogP contribution in [0.1, 0.15) is 41.4 Å². The summed E-state index contributed by atoms with van der Waals surface area (Å²) in [6.45, 7) is 1.18. The molecule has 0 radical (unpaired) electrons. The van der Waals surface area contributed by atoms with E-state index in [1.807, 2.05) is 28.9 Å². The normalized spacial score (nSPS) is 23.4. The van der Waals surface area contributed by atoms with Crippen molar-refractivity contribution in [3.63, 3.8) is 0 Å². The van der Waals surface area contributed by atoms with Crippen molar-refractivity contribution in [3.8, 4) is 0 Å². The van der Waals surface area contributed by atoms with Gasteiger partial charge in [0.25, 0.3) is 5.91 Å². The lowest BCUT2D eigenvalue weighted by atomic mass is 10.2. The van der Waals surface area contributed by atoms with Crippen LogP contribution in [0.5, 0.6) is 0 Å². The van der Waals surface area contributed by atoms with Gasteiger partial charge in [-0.05, 0) is 31.4 Å². The monoisotopic (exact) mass is 344 g/mol. The Balaban J connectivity index is 1.54. The number of ether oxygens (including phenoxy) is 1. The number of likely N-dealkylation sites (tertiary alicyclic amines) is 1. The molecule has 8 heteroatoms. The van der Waals surface area contributed by atoms with E-state index in [-0.39, 0.29) is 18.1 Å². The second kappa shape index (κ2) is 6.18. The van der Waals surface area contributed by atoms with Crippen LogP contribution in [0.25, 0.3) is 0 Å². The first kappa shape index (κ1) is 16.1. The van der Waals surface area contributed by atoms with Gasteiger partial charge in [0.1, 0.15) is 5.82 Å². The van der Waals surface area contributed by atoms with Crippen LogP contribution >= 0.6 is 0 Å². The molecule has 2 aromatic rings. The summed E-state index contributed by atoms with van der Waals surface area (Å²) in [5, 5.41) is 8.69. The molecule has 2 N–H and O–H groups in total. The largest absolute Gasteiger partial charge is 0.382 e. The number of anilines is 1. The van der Waals surface area contributed by atoms with E-state index >= 15 is 0 Å². The van der Waals surface area contributed by atoms with Gasteiger partial charge in [0.2, 0.25) is 0 Å². The lowest BCUT2D eigenvalue weighted by Crippen LogP contribution is -2.38. The lowest BCUT2D eigenvalue weighted by Gasteiger charge is -2.23. The Morgan fingerprint density at radius 3 is 2.84 bits per heavy atom. The van der Waals surface area contributed by atoms with Crippen molar-refractivity contribution in [1.29, 1.82) is 0 Å². The van der Waals surface area contributed by atoms with Gasteiger partial charge in [-0.1, -0.05) is 0 Å². The molecular formula is C17H24N6O2. The summed E-state index contributed by atoms with van der Waals surface area (Å²) in [4.78, 5) is 14.9. The van der Waals surface area contributed by atoms with Crippen LogP contribution in [0, 0.1) is 0 Å². The van der Waals surface area contributed by atoms with E-state index in [4.69, 9.17) is 10.5 Å². The molecule has 1 saturated carbocycles. The third kappa shape index (κ3) is 3.13. The van der Waals surface area contributed by atoms with Crippen molar-refractivity contribution in [2.45, 2.75) is 43.9 Å². The fourth-order valence-electron chi connectivity index (χ4n) is 3.66. The summed E-state index contributed by atoms with van der Waals surface area (Å²) < 4.78 is 9.13. The van der Waals surface area contributed by atoms with Gasteiger partial charge in [-0.3, -0.25) is 14.2 Å². The first-order valence-electron chi connectivity index (χ1n) is 8.71. The minimum atomic E-state index is -0.0350. The highest BCUT2D eigenvalue weighted by molar-refractivity contribution is 5.93. The number of carbonyl (C=O) groups is 1. The summed E-state index contributed by atoms with van der Waals surface area (Å²) in [7, 11) is 3.60. The molecular weight excluding hydrogens is 320 g/mol. The second-order valence-electron chi connectivity index (χ2n) is 7.02. The molecule has 1 amide bonds. The molecule has 0 unspecified atom stereocenters. The smallest absolute Gasteiger partial charge is 0.274 e. The lowest BCUT2D eigenvalue weighted by molar-refractivity contribution is 0.0672. The number of rotatable bonds is 5. The molecule has 3 heterocycles. The van der Waals surface area contributed by atoms with Crippen LogP contribution in [0.3, 0.4) is 0 Å². The molecule has 2 atom stereocenters. The molecule has 134 valence electrons. The first-order valence-corrected chi connectivity index (χ1v) is 8.71. The molecule has 1 aliphatic carbocycles. The Labute approximate surface area is 146 Å². The summed E-state index contributed by atoms with van der Waals surface area (Å²) in [5.41, 5.74) is 7.37. The molecule has 4 rings (SSSR count). The molecule has 0 bridgehead atoms. The molecule has 1 saturated heterocycles. The summed E-state index contributed by atoms with van der Waals surface area (Å²) >= 11 is 0. The molecule has 2 aromatic heterocycles. The van der Waals surface area contributed by atoms with Gasteiger partial charge in [0, 0.05) is 38.5 Å². The molecule has 8 nitrogen and oxygen atoms in total. The number of nitrogens with zero attached hydrogens (tertiary/aromatic N) is 5. The molecule has 25 heavy (non-hydrogen) atoms. The third-order valence-electron chi connectivity index (χ3n) is 5.16. The Kier molecular flexibility index (Phi) is 3.99. The maximum atomic E-state index is 13.1. The van der Waals surface area contributed by atoms with Gasteiger partial charge in [-0.15, -0.1) is 0 Å². The number of aryl methyl sites for hydroxylation is 1. The van der Waals surface area contributed by atoms with Crippen LogP contribution in [0.4, 0.5) is 5.82 Å². The van der Waals surface area contributed by atoms with Gasteiger partial charge in [0.05, 0.1) is 18.7 Å².